The first-order valence-electron chi connectivity index (χ1n) is 14.2. The highest BCUT2D eigenvalue weighted by Gasteiger charge is 2.92. The van der Waals surface area contributed by atoms with Crippen molar-refractivity contribution in [3.63, 3.8) is 0 Å². The fourth-order valence-electron chi connectivity index (χ4n) is 4.97. The van der Waals surface area contributed by atoms with Crippen LogP contribution in [0.4, 0.5) is 114 Å². The van der Waals surface area contributed by atoms with Gasteiger partial charge in [-0.1, -0.05) is 30.3 Å². The molecule has 0 aliphatic carbocycles. The van der Waals surface area contributed by atoms with Crippen molar-refractivity contribution in [3.8, 4) is 0 Å². The van der Waals surface area contributed by atoms with E-state index in [0.29, 0.717) is 6.92 Å². The Balaban J connectivity index is 2.66. The van der Waals surface area contributed by atoms with Crippen molar-refractivity contribution in [2.75, 3.05) is 6.61 Å². The third-order valence-corrected chi connectivity index (χ3v) is 8.43. The van der Waals surface area contributed by atoms with Crippen LogP contribution in [0.3, 0.4) is 0 Å². The summed E-state index contributed by atoms with van der Waals surface area (Å²) in [6.45, 7) is -0.467. The molecule has 0 amide bonds. The summed E-state index contributed by atoms with van der Waals surface area (Å²) in [4.78, 5) is 0. The molecule has 1 unspecified atom stereocenters. The van der Waals surface area contributed by atoms with Crippen LogP contribution in [0.15, 0.2) is 30.3 Å². The summed E-state index contributed by atoms with van der Waals surface area (Å²) in [6.07, 6.45) is -28.4. The Morgan fingerprint density at radius 3 is 1.07 bits per heavy atom. The first kappa shape index (κ1) is 48.5. The summed E-state index contributed by atoms with van der Waals surface area (Å²) >= 11 is 0. The van der Waals surface area contributed by atoms with Crippen molar-refractivity contribution >= 4 is 0 Å². The average molecular weight is 870 g/mol. The number of rotatable bonds is 15. The topological polar surface area (TPSA) is 18.5 Å². The van der Waals surface area contributed by atoms with Crippen LogP contribution in [0.5, 0.6) is 0 Å². The highest BCUT2D eigenvalue weighted by molar-refractivity contribution is 5.21. The average Bonchev–Trinajstić information content (AvgIpc) is 3.01. The van der Waals surface area contributed by atoms with Gasteiger partial charge in [-0.05, 0) is 19.8 Å². The van der Waals surface area contributed by atoms with Crippen molar-refractivity contribution in [2.24, 2.45) is 0 Å². The monoisotopic (exact) mass is 870 g/mol. The van der Waals surface area contributed by atoms with Crippen molar-refractivity contribution in [1.29, 1.82) is 0 Å². The number of alkyl halides is 26. The highest BCUT2D eigenvalue weighted by atomic mass is 19.4. The van der Waals surface area contributed by atoms with Crippen LogP contribution in [0.2, 0.25) is 0 Å². The number of benzene rings is 1. The molecule has 2 rings (SSSR count). The SMILES string of the molecule is CC1(c2ccccc2)OCCC(CCC(F)(F)C(F)(F)C(F)(F)C(F)(F)C(F)(F)C(F)(F)F)(CCC(F)(F)C(F)(F)C(F)(F)C(F)(F)C(F)(F)C(F)(F)F)O1. The van der Waals surface area contributed by atoms with Crippen LogP contribution in [-0.4, -0.2) is 83.8 Å². The molecule has 1 saturated heterocycles. The Kier molecular flexibility index (Phi) is 12.1. The van der Waals surface area contributed by atoms with Crippen molar-refractivity contribution in [2.45, 2.75) is 122 Å². The summed E-state index contributed by atoms with van der Waals surface area (Å²) in [5.74, 6) is -82.4. The van der Waals surface area contributed by atoms with Gasteiger partial charge in [0.15, 0.2) is 5.79 Å². The zero-order chi connectivity index (χ0) is 43.8. The van der Waals surface area contributed by atoms with Crippen LogP contribution < -0.4 is 0 Å². The predicted octanol–water partition coefficient (Wildman–Crippen LogP) is 12.1. The molecule has 1 aliphatic rings. The van der Waals surface area contributed by atoms with E-state index in [1.807, 2.05) is 0 Å². The molecule has 0 radical (unpaired) electrons. The van der Waals surface area contributed by atoms with Gasteiger partial charge in [-0.15, -0.1) is 0 Å². The molecule has 0 aromatic heterocycles. The minimum Gasteiger partial charge on any atom is -0.346 e. The van der Waals surface area contributed by atoms with Gasteiger partial charge >= 0.3 is 71.6 Å². The van der Waals surface area contributed by atoms with E-state index in [4.69, 9.17) is 9.47 Å². The first-order valence-corrected chi connectivity index (χ1v) is 14.2. The summed E-state index contributed by atoms with van der Waals surface area (Å²) in [5.41, 5.74) is -3.84. The number of halogens is 26. The Morgan fingerprint density at radius 2 is 0.764 bits per heavy atom. The molecular formula is C27H20F26O2. The van der Waals surface area contributed by atoms with E-state index in [1.54, 1.807) is 0 Å². The normalized spacial score (nSPS) is 20.9. The molecular weight excluding hydrogens is 850 g/mol. The van der Waals surface area contributed by atoms with E-state index >= 15 is 0 Å². The van der Waals surface area contributed by atoms with E-state index in [1.165, 1.54) is 6.07 Å². The van der Waals surface area contributed by atoms with Crippen LogP contribution in [0.1, 0.15) is 44.6 Å². The van der Waals surface area contributed by atoms with E-state index in [0.717, 1.165) is 24.3 Å². The van der Waals surface area contributed by atoms with E-state index in [-0.39, 0.29) is 5.56 Å². The summed E-state index contributed by atoms with van der Waals surface area (Å²) in [5, 5.41) is 0. The van der Waals surface area contributed by atoms with Crippen molar-refractivity contribution in [3.05, 3.63) is 35.9 Å². The molecule has 28 heteroatoms. The molecule has 2 nitrogen and oxygen atoms in total. The van der Waals surface area contributed by atoms with Crippen LogP contribution in [0, 0.1) is 0 Å². The van der Waals surface area contributed by atoms with Crippen molar-refractivity contribution in [1.82, 2.24) is 0 Å². The maximum absolute atomic E-state index is 14.7. The second-order valence-electron chi connectivity index (χ2n) is 12.2. The van der Waals surface area contributed by atoms with Gasteiger partial charge in [0.05, 0.1) is 12.2 Å². The molecule has 1 aliphatic heterocycles. The van der Waals surface area contributed by atoms with Crippen molar-refractivity contribution < 1.29 is 124 Å². The zero-order valence-electron chi connectivity index (χ0n) is 26.3. The lowest BCUT2D eigenvalue weighted by molar-refractivity contribution is -0.441. The lowest BCUT2D eigenvalue weighted by Crippen LogP contribution is -2.70. The van der Waals surface area contributed by atoms with E-state index < -0.39 is 122 Å². The molecule has 1 fully saturated rings. The minimum atomic E-state index is -8.40. The molecule has 1 heterocycles. The van der Waals surface area contributed by atoms with Gasteiger partial charge in [0, 0.05) is 24.8 Å². The zero-order valence-corrected chi connectivity index (χ0v) is 26.3. The number of ether oxygens (including phenoxy) is 2. The maximum atomic E-state index is 14.7. The molecule has 55 heavy (non-hydrogen) atoms. The molecule has 322 valence electrons. The van der Waals surface area contributed by atoms with Gasteiger partial charge in [-0.25, -0.2) is 0 Å². The Labute approximate surface area is 289 Å². The quantitative estimate of drug-likeness (QED) is 0.164. The molecule has 1 aromatic carbocycles. The number of hydrogen-bond acceptors (Lipinski definition) is 2. The first-order chi connectivity index (χ1) is 23.9. The second-order valence-corrected chi connectivity index (χ2v) is 12.2. The predicted molar refractivity (Wildman–Crippen MR) is 128 cm³/mol. The molecule has 0 N–H and O–H groups in total. The smallest absolute Gasteiger partial charge is 0.346 e. The van der Waals surface area contributed by atoms with Crippen LogP contribution in [-0.2, 0) is 15.3 Å². The lowest BCUT2D eigenvalue weighted by Gasteiger charge is -2.48. The molecule has 1 aromatic rings. The summed E-state index contributed by atoms with van der Waals surface area (Å²) in [7, 11) is 0. The second kappa shape index (κ2) is 13.7. The lowest BCUT2D eigenvalue weighted by atomic mass is 9.81. The third kappa shape index (κ3) is 7.46. The van der Waals surface area contributed by atoms with Gasteiger partial charge < -0.3 is 9.47 Å². The van der Waals surface area contributed by atoms with Gasteiger partial charge in [0.2, 0.25) is 0 Å². The number of hydrogen-bond donors (Lipinski definition) is 0. The molecule has 0 spiro atoms. The fraction of sp³-hybridized carbons (Fsp3) is 0.778. The minimum absolute atomic E-state index is 0.380. The largest absolute Gasteiger partial charge is 0.460 e. The van der Waals surface area contributed by atoms with Gasteiger partial charge in [0.1, 0.15) is 0 Å². The maximum Gasteiger partial charge on any atom is 0.460 e. The summed E-state index contributed by atoms with van der Waals surface area (Å²) < 4.78 is 365. The van der Waals surface area contributed by atoms with Gasteiger partial charge in [-0.2, -0.15) is 114 Å². The Bertz CT molecular complexity index is 1400. The Hall–Kier alpha value is -2.68. The molecule has 0 saturated carbocycles. The standard InChI is InChI=1S/C27H20F26O2/c1-14(13-5-3-2-4-6-13)54-12-11-15(55-14,7-9-16(28,29)18(32,33)20(36,37)22(40,41)24(44,45)26(48,49)50)8-10-17(30,31)19(34,35)21(38,39)23(42,43)25(46,47)27(51,52)53/h2-6H,7-12H2,1H3. The summed E-state index contributed by atoms with van der Waals surface area (Å²) in [6, 6.07) is 5.30. The van der Waals surface area contributed by atoms with Gasteiger partial charge in [0.25, 0.3) is 0 Å². The molecule has 1 atom stereocenters. The van der Waals surface area contributed by atoms with Gasteiger partial charge in [-0.3, -0.25) is 0 Å². The highest BCUT2D eigenvalue weighted by Crippen LogP contribution is 2.63. The Morgan fingerprint density at radius 1 is 0.455 bits per heavy atom. The van der Waals surface area contributed by atoms with E-state index in [9.17, 15) is 114 Å². The van der Waals surface area contributed by atoms with Crippen LogP contribution in [0.25, 0.3) is 0 Å². The van der Waals surface area contributed by atoms with Crippen LogP contribution >= 0.6 is 0 Å². The third-order valence-electron chi connectivity index (χ3n) is 8.43. The molecule has 0 bridgehead atoms. The van der Waals surface area contributed by atoms with E-state index in [2.05, 4.69) is 0 Å². The fourth-order valence-corrected chi connectivity index (χ4v) is 4.97.